The number of aromatic nitrogens is 2. The molecule has 0 radical (unpaired) electrons. The second kappa shape index (κ2) is 5.97. The Morgan fingerprint density at radius 3 is 2.86 bits per heavy atom. The van der Waals surface area contributed by atoms with E-state index in [4.69, 9.17) is 9.26 Å². The molecule has 0 aliphatic heterocycles. The molecule has 6 heteroatoms. The Morgan fingerprint density at radius 2 is 2.10 bits per heavy atom. The van der Waals surface area contributed by atoms with Gasteiger partial charge in [0.15, 0.2) is 0 Å². The third kappa shape index (κ3) is 2.90. The average molecular weight is 301 g/mol. The van der Waals surface area contributed by atoms with Gasteiger partial charge in [0.25, 0.3) is 0 Å². The Labute approximate surface area is 126 Å². The summed E-state index contributed by atoms with van der Waals surface area (Å²) in [5.41, 5.74) is 0.892. The first-order valence-corrected chi connectivity index (χ1v) is 7.43. The third-order valence-electron chi connectivity index (χ3n) is 3.03. The fourth-order valence-corrected chi connectivity index (χ4v) is 2.63. The number of thiophene rings is 1. The Hall–Kier alpha value is -2.34. The molecule has 2 heterocycles. The van der Waals surface area contributed by atoms with Crippen molar-refractivity contribution < 1.29 is 9.26 Å². The summed E-state index contributed by atoms with van der Waals surface area (Å²) in [7, 11) is 1.65. The summed E-state index contributed by atoms with van der Waals surface area (Å²) in [4.78, 5) is 5.43. The zero-order chi connectivity index (χ0) is 14.7. The molecule has 3 rings (SSSR count). The first kappa shape index (κ1) is 13.6. The highest BCUT2D eigenvalue weighted by Crippen LogP contribution is 2.28. The molecule has 0 aliphatic carbocycles. The molecule has 1 atom stereocenters. The lowest BCUT2D eigenvalue weighted by molar-refractivity contribution is 0.367. The van der Waals surface area contributed by atoms with Crippen molar-refractivity contribution in [1.29, 1.82) is 0 Å². The summed E-state index contributed by atoms with van der Waals surface area (Å²) in [6.45, 7) is 1.97. The number of nitrogens with zero attached hydrogens (tertiary/aromatic N) is 2. The fourth-order valence-electron chi connectivity index (χ4n) is 1.98. The highest BCUT2D eigenvalue weighted by atomic mass is 32.1. The smallest absolute Gasteiger partial charge is 0.249 e. The number of methoxy groups -OCH3 is 1. The Bertz CT molecular complexity index is 709. The molecule has 0 amide bonds. The lowest BCUT2D eigenvalue weighted by atomic mass is 10.2. The molecule has 5 nitrogen and oxygen atoms in total. The molecule has 21 heavy (non-hydrogen) atoms. The summed E-state index contributed by atoms with van der Waals surface area (Å²) in [6, 6.07) is 11.6. The van der Waals surface area contributed by atoms with Crippen LogP contribution < -0.4 is 10.1 Å². The van der Waals surface area contributed by atoms with Gasteiger partial charge in [0.05, 0.1) is 17.7 Å². The molecule has 0 aliphatic rings. The van der Waals surface area contributed by atoms with Gasteiger partial charge in [-0.15, -0.1) is 11.3 Å². The van der Waals surface area contributed by atoms with E-state index in [2.05, 4.69) is 15.5 Å². The van der Waals surface area contributed by atoms with Crippen molar-refractivity contribution in [1.82, 2.24) is 10.1 Å². The number of anilines is 1. The van der Waals surface area contributed by atoms with Crippen LogP contribution in [0.3, 0.4) is 0 Å². The third-order valence-corrected chi connectivity index (χ3v) is 3.90. The van der Waals surface area contributed by atoms with Crippen LogP contribution in [0.1, 0.15) is 18.9 Å². The van der Waals surface area contributed by atoms with Crippen LogP contribution in [0.25, 0.3) is 10.7 Å². The molecule has 1 aromatic carbocycles. The highest BCUT2D eigenvalue weighted by Gasteiger charge is 2.16. The van der Waals surface area contributed by atoms with Crippen LogP contribution in [0, 0.1) is 0 Å². The zero-order valence-electron chi connectivity index (χ0n) is 11.7. The lowest BCUT2D eigenvalue weighted by Gasteiger charge is -2.14. The van der Waals surface area contributed by atoms with Crippen molar-refractivity contribution >= 4 is 17.0 Å². The van der Waals surface area contributed by atoms with E-state index in [1.807, 2.05) is 48.7 Å². The molecule has 0 unspecified atom stereocenters. The number of para-hydroxylation sites is 2. The standard InChI is InChI=1S/C15H15N3O2S/c1-10(16-11-6-3-4-7-12(11)19-2)15-17-14(18-20-15)13-8-5-9-21-13/h3-10,16H,1-2H3/t10-/m0/s1. The number of benzene rings is 1. The van der Waals surface area contributed by atoms with Gasteiger partial charge in [0.2, 0.25) is 11.7 Å². The minimum absolute atomic E-state index is 0.109. The van der Waals surface area contributed by atoms with Crippen molar-refractivity contribution in [3.63, 3.8) is 0 Å². The Kier molecular flexibility index (Phi) is 3.87. The van der Waals surface area contributed by atoms with Crippen LogP contribution >= 0.6 is 11.3 Å². The maximum Gasteiger partial charge on any atom is 0.249 e. The van der Waals surface area contributed by atoms with Crippen LogP contribution in [-0.2, 0) is 0 Å². The second-order valence-electron chi connectivity index (χ2n) is 4.50. The van der Waals surface area contributed by atoms with Gasteiger partial charge in [0.1, 0.15) is 11.8 Å². The molecule has 2 aromatic heterocycles. The fraction of sp³-hybridized carbons (Fsp3) is 0.200. The van der Waals surface area contributed by atoms with Gasteiger partial charge >= 0.3 is 0 Å². The van der Waals surface area contributed by atoms with E-state index in [9.17, 15) is 0 Å². The summed E-state index contributed by atoms with van der Waals surface area (Å²) >= 11 is 1.59. The van der Waals surface area contributed by atoms with Gasteiger partial charge in [-0.3, -0.25) is 0 Å². The average Bonchev–Trinajstić information content (AvgIpc) is 3.18. The van der Waals surface area contributed by atoms with Gasteiger partial charge in [0, 0.05) is 0 Å². The predicted molar refractivity (Wildman–Crippen MR) is 82.6 cm³/mol. The van der Waals surface area contributed by atoms with Gasteiger partial charge in [-0.2, -0.15) is 4.98 Å². The number of hydrogen-bond acceptors (Lipinski definition) is 6. The van der Waals surface area contributed by atoms with Crippen molar-refractivity contribution in [3.8, 4) is 16.5 Å². The van der Waals surface area contributed by atoms with Crippen LogP contribution in [0.15, 0.2) is 46.3 Å². The molecule has 0 spiro atoms. The first-order chi connectivity index (χ1) is 10.3. The molecular formula is C15H15N3O2S. The van der Waals surface area contributed by atoms with Crippen molar-refractivity contribution in [2.24, 2.45) is 0 Å². The van der Waals surface area contributed by atoms with E-state index in [1.165, 1.54) is 0 Å². The first-order valence-electron chi connectivity index (χ1n) is 6.55. The molecule has 3 aromatic rings. The number of rotatable bonds is 5. The van der Waals surface area contributed by atoms with Crippen molar-refractivity contribution in [2.45, 2.75) is 13.0 Å². The van der Waals surface area contributed by atoms with Gasteiger partial charge < -0.3 is 14.6 Å². The zero-order valence-corrected chi connectivity index (χ0v) is 12.6. The van der Waals surface area contributed by atoms with Gasteiger partial charge in [-0.05, 0) is 30.5 Å². The molecule has 108 valence electrons. The monoisotopic (exact) mass is 301 g/mol. The van der Waals surface area contributed by atoms with E-state index in [-0.39, 0.29) is 6.04 Å². The maximum atomic E-state index is 5.34. The number of ether oxygens (including phenoxy) is 1. The van der Waals surface area contributed by atoms with Crippen LogP contribution in [0.4, 0.5) is 5.69 Å². The SMILES string of the molecule is COc1ccccc1N[C@@H](C)c1nc(-c2cccs2)no1. The topological polar surface area (TPSA) is 60.2 Å². The minimum atomic E-state index is -0.109. The van der Waals surface area contributed by atoms with Crippen molar-refractivity contribution in [2.75, 3.05) is 12.4 Å². The molecule has 0 bridgehead atoms. The van der Waals surface area contributed by atoms with Gasteiger partial charge in [-0.25, -0.2) is 0 Å². The molecule has 1 N–H and O–H groups in total. The van der Waals surface area contributed by atoms with Crippen LogP contribution in [0.5, 0.6) is 5.75 Å². The maximum absolute atomic E-state index is 5.34. The minimum Gasteiger partial charge on any atom is -0.495 e. The lowest BCUT2D eigenvalue weighted by Crippen LogP contribution is -2.08. The molecule has 0 fully saturated rings. The van der Waals surface area contributed by atoms with E-state index in [1.54, 1.807) is 18.4 Å². The summed E-state index contributed by atoms with van der Waals surface area (Å²) < 4.78 is 10.7. The Balaban J connectivity index is 1.78. The molecular weight excluding hydrogens is 286 g/mol. The van der Waals surface area contributed by atoms with Crippen LogP contribution in [-0.4, -0.2) is 17.3 Å². The summed E-state index contributed by atoms with van der Waals surface area (Å²) in [5.74, 6) is 1.94. The number of hydrogen-bond donors (Lipinski definition) is 1. The van der Waals surface area contributed by atoms with E-state index >= 15 is 0 Å². The number of nitrogens with one attached hydrogen (secondary N) is 1. The van der Waals surface area contributed by atoms with Gasteiger partial charge in [-0.1, -0.05) is 23.4 Å². The quantitative estimate of drug-likeness (QED) is 0.772. The van der Waals surface area contributed by atoms with E-state index in [0.29, 0.717) is 11.7 Å². The largest absolute Gasteiger partial charge is 0.495 e. The summed E-state index contributed by atoms with van der Waals surface area (Å²) in [5, 5.41) is 9.32. The molecule has 0 saturated carbocycles. The second-order valence-corrected chi connectivity index (χ2v) is 5.45. The van der Waals surface area contributed by atoms with E-state index in [0.717, 1.165) is 16.3 Å². The normalized spacial score (nSPS) is 12.1. The van der Waals surface area contributed by atoms with Crippen molar-refractivity contribution in [3.05, 3.63) is 47.7 Å². The van der Waals surface area contributed by atoms with E-state index < -0.39 is 0 Å². The summed E-state index contributed by atoms with van der Waals surface area (Å²) in [6.07, 6.45) is 0. The van der Waals surface area contributed by atoms with Crippen LogP contribution in [0.2, 0.25) is 0 Å². The highest BCUT2D eigenvalue weighted by molar-refractivity contribution is 7.13. The predicted octanol–water partition coefficient (Wildman–Crippen LogP) is 3.98. The molecule has 0 saturated heterocycles. The Morgan fingerprint density at radius 1 is 1.24 bits per heavy atom.